The summed E-state index contributed by atoms with van der Waals surface area (Å²) >= 11 is 0. The number of aliphatic carboxylic acids is 1. The van der Waals surface area contributed by atoms with Crippen LogP contribution in [0, 0.1) is 0 Å². The fourth-order valence-corrected chi connectivity index (χ4v) is 2.37. The number of carbonyl (C=O) groups excluding carboxylic acids is 1. The van der Waals surface area contributed by atoms with Crippen LogP contribution in [0.25, 0.3) is 0 Å². The average Bonchev–Trinajstić information content (AvgIpc) is 2.35. The number of alkyl halides is 1. The van der Waals surface area contributed by atoms with Crippen molar-refractivity contribution in [3.63, 3.8) is 0 Å². The number of halogens is 1. The zero-order chi connectivity index (χ0) is 17.2. The van der Waals surface area contributed by atoms with Crippen molar-refractivity contribution in [3.05, 3.63) is 24.0 Å². The van der Waals surface area contributed by atoms with Gasteiger partial charge in [0.2, 0.25) is 0 Å². The van der Waals surface area contributed by atoms with E-state index in [1.54, 1.807) is 0 Å². The zero-order valence-electron chi connectivity index (χ0n) is 11.2. The highest BCUT2D eigenvalue weighted by Crippen LogP contribution is 2.41. The van der Waals surface area contributed by atoms with E-state index in [1.165, 1.54) is 0 Å². The summed E-state index contributed by atoms with van der Waals surface area (Å²) in [4.78, 5) is 31.3. The highest BCUT2D eigenvalue weighted by molar-refractivity contribution is 7.51. The molecule has 0 saturated carbocycles. The van der Waals surface area contributed by atoms with Crippen molar-refractivity contribution in [2.24, 2.45) is 0 Å². The second-order valence-electron chi connectivity index (χ2n) is 4.51. The molecule has 0 amide bonds. The Labute approximate surface area is 123 Å². The molecule has 11 heteroatoms. The zero-order valence-corrected chi connectivity index (χ0v) is 12.1. The largest absolute Gasteiger partial charge is 0.502 e. The third-order valence-electron chi connectivity index (χ3n) is 2.65. The number of aliphatic hydroxyl groups is 2. The minimum absolute atomic E-state index is 0.613. The number of carbonyl (C=O) groups is 2. The van der Waals surface area contributed by atoms with E-state index in [9.17, 15) is 23.7 Å². The van der Waals surface area contributed by atoms with Crippen LogP contribution in [-0.4, -0.2) is 63.3 Å². The van der Waals surface area contributed by atoms with Crippen molar-refractivity contribution >= 4 is 19.5 Å². The van der Waals surface area contributed by atoms with Crippen molar-refractivity contribution < 1.29 is 48.0 Å². The third kappa shape index (κ3) is 4.38. The van der Waals surface area contributed by atoms with Gasteiger partial charge >= 0.3 is 19.5 Å². The van der Waals surface area contributed by atoms with Crippen molar-refractivity contribution in [2.75, 3.05) is 6.66 Å². The van der Waals surface area contributed by atoms with Gasteiger partial charge in [-0.3, -0.25) is 9.09 Å². The molecule has 0 aromatic carbocycles. The number of rotatable bonds is 5. The first-order chi connectivity index (χ1) is 9.94. The quantitative estimate of drug-likeness (QED) is 0.233. The molecule has 5 atom stereocenters. The van der Waals surface area contributed by atoms with E-state index in [4.69, 9.17) is 15.1 Å². The lowest BCUT2D eigenvalue weighted by Gasteiger charge is -2.34. The fraction of sp³-hybridized carbons (Fsp3) is 0.455. The highest BCUT2D eigenvalue weighted by Gasteiger charge is 2.46. The Balaban J connectivity index is 3.15. The van der Waals surface area contributed by atoms with Crippen LogP contribution in [0.15, 0.2) is 24.0 Å². The number of carboxylic acids is 1. The molecule has 0 fully saturated rings. The first kappa shape index (κ1) is 18.3. The van der Waals surface area contributed by atoms with E-state index < -0.39 is 55.4 Å². The van der Waals surface area contributed by atoms with Gasteiger partial charge in [-0.05, 0) is 12.7 Å². The number of esters is 1. The first-order valence-corrected chi connectivity index (χ1v) is 7.81. The summed E-state index contributed by atoms with van der Waals surface area (Å²) in [5.74, 6) is -4.31. The topological polar surface area (TPSA) is 151 Å². The molecule has 1 aliphatic carbocycles. The van der Waals surface area contributed by atoms with E-state index in [2.05, 4.69) is 15.8 Å². The average molecular weight is 340 g/mol. The predicted molar refractivity (Wildman–Crippen MR) is 68.9 cm³/mol. The molecule has 0 heterocycles. The van der Waals surface area contributed by atoms with Gasteiger partial charge in [-0.1, -0.05) is 0 Å². The molecule has 0 bridgehead atoms. The Bertz CT molecular complexity index is 566. The molecule has 0 aromatic rings. The molecule has 1 rings (SSSR count). The molecule has 22 heavy (non-hydrogen) atoms. The molecule has 1 unspecified atom stereocenters. The van der Waals surface area contributed by atoms with E-state index in [0.29, 0.717) is 6.08 Å². The molecule has 0 saturated heterocycles. The second kappa shape index (κ2) is 6.57. The van der Waals surface area contributed by atoms with Crippen molar-refractivity contribution in [1.29, 1.82) is 0 Å². The van der Waals surface area contributed by atoms with Gasteiger partial charge in [-0.2, -0.15) is 0 Å². The van der Waals surface area contributed by atoms with Gasteiger partial charge in [0, 0.05) is 6.66 Å². The van der Waals surface area contributed by atoms with Gasteiger partial charge in [0.1, 0.15) is 12.2 Å². The van der Waals surface area contributed by atoms with Gasteiger partial charge in [-0.25, -0.2) is 14.0 Å². The minimum Gasteiger partial charge on any atom is -0.502 e. The van der Waals surface area contributed by atoms with Crippen LogP contribution in [0.4, 0.5) is 4.39 Å². The lowest BCUT2D eigenvalue weighted by molar-refractivity contribution is -0.164. The summed E-state index contributed by atoms with van der Waals surface area (Å²) in [5.41, 5.74) is -0.926. The molecular formula is C11H14FO9P. The molecule has 4 N–H and O–H groups in total. The van der Waals surface area contributed by atoms with E-state index in [1.807, 2.05) is 0 Å². The Kier molecular flexibility index (Phi) is 5.47. The first-order valence-electron chi connectivity index (χ1n) is 5.78. The minimum atomic E-state index is -4.16. The molecule has 0 aliphatic heterocycles. The molecule has 0 radical (unpaired) electrons. The molecule has 1 aliphatic rings. The Morgan fingerprint density at radius 2 is 1.95 bits per heavy atom. The van der Waals surface area contributed by atoms with Gasteiger partial charge in [-0.15, -0.1) is 0 Å². The monoisotopic (exact) mass is 340 g/mol. The van der Waals surface area contributed by atoms with E-state index >= 15 is 0 Å². The summed E-state index contributed by atoms with van der Waals surface area (Å²) < 4.78 is 34.3. The van der Waals surface area contributed by atoms with Crippen LogP contribution in [0.5, 0.6) is 0 Å². The summed E-state index contributed by atoms with van der Waals surface area (Å²) in [6, 6.07) is 0. The number of hydrogen-bond donors (Lipinski definition) is 4. The normalized spacial score (nSPS) is 30.8. The van der Waals surface area contributed by atoms with Crippen LogP contribution in [0.2, 0.25) is 0 Å². The molecule has 124 valence electrons. The van der Waals surface area contributed by atoms with Crippen LogP contribution in [-0.2, 0) is 23.4 Å². The highest BCUT2D eigenvalue weighted by atomic mass is 31.2. The summed E-state index contributed by atoms with van der Waals surface area (Å²) in [6.07, 6.45) is -7.57. The molecule has 0 aromatic heterocycles. The van der Waals surface area contributed by atoms with Gasteiger partial charge < -0.3 is 24.9 Å². The SMILES string of the molecule is C=C(O)C(=O)O[C@H]1[C@H](O)[C@@H](OP(C)(=O)O)C=C(C(=O)O)[C@@H]1F. The maximum atomic E-state index is 14.1. The smallest absolute Gasteiger partial charge is 0.373 e. The Morgan fingerprint density at radius 1 is 1.41 bits per heavy atom. The van der Waals surface area contributed by atoms with Crippen molar-refractivity contribution in [2.45, 2.75) is 24.5 Å². The summed E-state index contributed by atoms with van der Waals surface area (Å²) in [5, 5.41) is 27.6. The van der Waals surface area contributed by atoms with Crippen molar-refractivity contribution in [1.82, 2.24) is 0 Å². The van der Waals surface area contributed by atoms with Crippen LogP contribution < -0.4 is 0 Å². The predicted octanol–water partition coefficient (Wildman–Crippen LogP) is -0.106. The van der Waals surface area contributed by atoms with Gasteiger partial charge in [0.25, 0.3) is 0 Å². The molecule has 9 nitrogen and oxygen atoms in total. The van der Waals surface area contributed by atoms with Gasteiger partial charge in [0.05, 0.1) is 5.57 Å². The van der Waals surface area contributed by atoms with Gasteiger partial charge in [0.15, 0.2) is 18.0 Å². The number of carboxylic acid groups (broad SMARTS) is 1. The summed E-state index contributed by atoms with van der Waals surface area (Å²) in [6.45, 7) is 3.60. The Morgan fingerprint density at radius 3 is 2.36 bits per heavy atom. The maximum absolute atomic E-state index is 14.1. The number of hydrogen-bond acceptors (Lipinski definition) is 7. The van der Waals surface area contributed by atoms with Crippen molar-refractivity contribution in [3.8, 4) is 0 Å². The van der Waals surface area contributed by atoms with Crippen LogP contribution in [0.1, 0.15) is 0 Å². The summed E-state index contributed by atoms with van der Waals surface area (Å²) in [7, 11) is -4.16. The molecular weight excluding hydrogens is 326 g/mol. The number of ether oxygens (including phenoxy) is 1. The standard InChI is InChI=1S/C11H14FO9P/c1-4(13)11(17)20-9-7(12)5(10(15)16)3-6(8(9)14)21-22(2,18)19/h3,6-9,13-14H,1H2,2H3,(H,15,16)(H,18,19)/t6-,7-,8+,9+/m0/s1. The second-order valence-corrected chi connectivity index (χ2v) is 6.33. The number of aliphatic hydroxyl groups excluding tert-OH is 2. The maximum Gasteiger partial charge on any atom is 0.373 e. The lowest BCUT2D eigenvalue weighted by Crippen LogP contribution is -2.51. The molecule has 0 spiro atoms. The Hall–Kier alpha value is -1.74. The van der Waals surface area contributed by atoms with Crippen LogP contribution >= 0.6 is 7.60 Å². The third-order valence-corrected chi connectivity index (χ3v) is 3.28. The lowest BCUT2D eigenvalue weighted by atomic mass is 9.90. The fourth-order valence-electron chi connectivity index (χ4n) is 1.73. The van der Waals surface area contributed by atoms with E-state index in [-0.39, 0.29) is 0 Å². The van der Waals surface area contributed by atoms with E-state index in [0.717, 1.165) is 6.66 Å². The van der Waals surface area contributed by atoms with Crippen LogP contribution in [0.3, 0.4) is 0 Å².